The molecule has 1 saturated heterocycles. The van der Waals surface area contributed by atoms with Crippen molar-refractivity contribution in [1.29, 1.82) is 0 Å². The van der Waals surface area contributed by atoms with Gasteiger partial charge in [-0.25, -0.2) is 8.42 Å². The van der Waals surface area contributed by atoms with Gasteiger partial charge in [0.1, 0.15) is 0 Å². The fraction of sp³-hybridized carbons (Fsp3) is 0.600. The van der Waals surface area contributed by atoms with E-state index in [1.54, 1.807) is 10.4 Å². The van der Waals surface area contributed by atoms with Crippen LogP contribution in [0.3, 0.4) is 0 Å². The second kappa shape index (κ2) is 7.22. The van der Waals surface area contributed by atoms with Crippen LogP contribution in [0.25, 0.3) is 0 Å². The predicted molar refractivity (Wildman–Crippen MR) is 89.0 cm³/mol. The average Bonchev–Trinajstić information content (AvgIpc) is 2.48. The van der Waals surface area contributed by atoms with Gasteiger partial charge in [-0.1, -0.05) is 28.9 Å². The molecule has 0 aliphatic carbocycles. The highest BCUT2D eigenvalue weighted by Gasteiger charge is 2.32. The second-order valence-corrected chi connectivity index (χ2v) is 8.30. The third-order valence-corrected chi connectivity index (χ3v) is 6.45. The van der Waals surface area contributed by atoms with Crippen molar-refractivity contribution in [3.8, 4) is 0 Å². The smallest absolute Gasteiger partial charge is 0.243 e. The SMILES string of the molecule is CCCN(C1CCCNC1)S(=O)(=O)c1cc(Br)ccc1C. The number of sulfonamides is 1. The normalized spacial score (nSPS) is 19.9. The van der Waals surface area contributed by atoms with Crippen molar-refractivity contribution in [3.63, 3.8) is 0 Å². The van der Waals surface area contributed by atoms with Gasteiger partial charge in [0.15, 0.2) is 0 Å². The summed E-state index contributed by atoms with van der Waals surface area (Å²) >= 11 is 3.38. The number of rotatable bonds is 5. The van der Waals surface area contributed by atoms with Gasteiger partial charge in [-0.15, -0.1) is 0 Å². The van der Waals surface area contributed by atoms with Crippen LogP contribution in [0.2, 0.25) is 0 Å². The van der Waals surface area contributed by atoms with Crippen LogP contribution >= 0.6 is 15.9 Å². The molecule has 0 aromatic heterocycles. The van der Waals surface area contributed by atoms with Gasteiger partial charge in [-0.2, -0.15) is 4.31 Å². The fourth-order valence-electron chi connectivity index (χ4n) is 2.78. The minimum absolute atomic E-state index is 0.0575. The van der Waals surface area contributed by atoms with E-state index in [-0.39, 0.29) is 6.04 Å². The molecule has 0 radical (unpaired) electrons. The quantitative estimate of drug-likeness (QED) is 0.861. The average molecular weight is 375 g/mol. The zero-order chi connectivity index (χ0) is 15.5. The lowest BCUT2D eigenvalue weighted by atomic mass is 10.1. The van der Waals surface area contributed by atoms with Gasteiger partial charge in [0, 0.05) is 23.6 Å². The summed E-state index contributed by atoms with van der Waals surface area (Å²) in [5.74, 6) is 0. The van der Waals surface area contributed by atoms with Gasteiger partial charge >= 0.3 is 0 Å². The van der Waals surface area contributed by atoms with Crippen molar-refractivity contribution in [2.24, 2.45) is 0 Å². The second-order valence-electron chi connectivity index (χ2n) is 5.53. The summed E-state index contributed by atoms with van der Waals surface area (Å²) in [6.45, 7) is 6.16. The topological polar surface area (TPSA) is 49.4 Å². The van der Waals surface area contributed by atoms with Crippen molar-refractivity contribution in [2.75, 3.05) is 19.6 Å². The molecular formula is C15H23BrN2O2S. The van der Waals surface area contributed by atoms with Crippen LogP contribution in [0.1, 0.15) is 31.7 Å². The third-order valence-electron chi connectivity index (χ3n) is 3.86. The van der Waals surface area contributed by atoms with Crippen LogP contribution in [0.5, 0.6) is 0 Å². The van der Waals surface area contributed by atoms with Crippen LogP contribution in [0.4, 0.5) is 0 Å². The highest BCUT2D eigenvalue weighted by atomic mass is 79.9. The molecule has 4 nitrogen and oxygen atoms in total. The van der Waals surface area contributed by atoms with E-state index in [1.165, 1.54) is 0 Å². The van der Waals surface area contributed by atoms with E-state index < -0.39 is 10.0 Å². The number of aryl methyl sites for hydroxylation is 1. The first-order valence-electron chi connectivity index (χ1n) is 7.45. The molecular weight excluding hydrogens is 352 g/mol. The van der Waals surface area contributed by atoms with Crippen LogP contribution in [0, 0.1) is 6.92 Å². The fourth-order valence-corrected chi connectivity index (χ4v) is 5.29. The van der Waals surface area contributed by atoms with Crippen molar-refractivity contribution in [3.05, 3.63) is 28.2 Å². The highest BCUT2D eigenvalue weighted by Crippen LogP contribution is 2.27. The summed E-state index contributed by atoms with van der Waals surface area (Å²) in [6, 6.07) is 5.49. The van der Waals surface area contributed by atoms with E-state index in [4.69, 9.17) is 0 Å². The van der Waals surface area contributed by atoms with Gasteiger partial charge in [0.2, 0.25) is 10.0 Å². The summed E-state index contributed by atoms with van der Waals surface area (Å²) < 4.78 is 28.6. The van der Waals surface area contributed by atoms with E-state index >= 15 is 0 Å². The molecule has 1 N–H and O–H groups in total. The Labute approximate surface area is 136 Å². The van der Waals surface area contributed by atoms with E-state index in [0.717, 1.165) is 42.4 Å². The molecule has 118 valence electrons. The maximum atomic E-state index is 13.1. The molecule has 6 heteroatoms. The monoisotopic (exact) mass is 374 g/mol. The van der Waals surface area contributed by atoms with Gasteiger partial charge < -0.3 is 5.32 Å². The Balaban J connectivity index is 2.39. The Morgan fingerprint density at radius 2 is 2.19 bits per heavy atom. The predicted octanol–water partition coefficient (Wildman–Crippen LogP) is 2.91. The first-order valence-corrected chi connectivity index (χ1v) is 9.69. The lowest BCUT2D eigenvalue weighted by Crippen LogP contribution is -2.49. The molecule has 2 rings (SSSR count). The van der Waals surface area contributed by atoms with Crippen molar-refractivity contribution in [1.82, 2.24) is 9.62 Å². The molecule has 1 aliphatic rings. The lowest BCUT2D eigenvalue weighted by Gasteiger charge is -2.34. The zero-order valence-electron chi connectivity index (χ0n) is 12.6. The summed E-state index contributed by atoms with van der Waals surface area (Å²) in [6.07, 6.45) is 2.78. The summed E-state index contributed by atoms with van der Waals surface area (Å²) in [5, 5.41) is 3.31. The first-order chi connectivity index (χ1) is 9.96. The number of nitrogens with zero attached hydrogens (tertiary/aromatic N) is 1. The Bertz CT molecular complexity index is 583. The molecule has 21 heavy (non-hydrogen) atoms. The zero-order valence-corrected chi connectivity index (χ0v) is 15.0. The summed E-state index contributed by atoms with van der Waals surface area (Å²) in [5.41, 5.74) is 0.795. The van der Waals surface area contributed by atoms with E-state index in [1.807, 2.05) is 26.0 Å². The standard InChI is InChI=1S/C15H23BrN2O2S/c1-3-9-18(14-5-4-8-17-11-14)21(19,20)15-10-13(16)7-6-12(15)2/h6-7,10,14,17H,3-5,8-9,11H2,1-2H3. The lowest BCUT2D eigenvalue weighted by molar-refractivity contribution is 0.266. The molecule has 0 spiro atoms. The Morgan fingerprint density at radius 3 is 2.81 bits per heavy atom. The Morgan fingerprint density at radius 1 is 1.43 bits per heavy atom. The van der Waals surface area contributed by atoms with Crippen LogP contribution in [-0.4, -0.2) is 38.4 Å². The maximum Gasteiger partial charge on any atom is 0.243 e. The molecule has 1 aliphatic heterocycles. The minimum atomic E-state index is -3.45. The van der Waals surface area contributed by atoms with Gasteiger partial charge in [0.05, 0.1) is 4.90 Å². The molecule has 0 amide bonds. The van der Waals surface area contributed by atoms with Crippen LogP contribution < -0.4 is 5.32 Å². The van der Waals surface area contributed by atoms with Crippen molar-refractivity contribution in [2.45, 2.75) is 44.0 Å². The Kier molecular flexibility index (Phi) is 5.82. The number of hydrogen-bond donors (Lipinski definition) is 1. The third kappa shape index (κ3) is 3.86. The van der Waals surface area contributed by atoms with Crippen LogP contribution in [-0.2, 0) is 10.0 Å². The highest BCUT2D eigenvalue weighted by molar-refractivity contribution is 9.10. The van der Waals surface area contributed by atoms with E-state index in [0.29, 0.717) is 11.4 Å². The first kappa shape index (κ1) is 16.9. The molecule has 0 saturated carbocycles. The minimum Gasteiger partial charge on any atom is -0.315 e. The number of hydrogen-bond acceptors (Lipinski definition) is 3. The van der Waals surface area contributed by atoms with Gasteiger partial charge in [-0.05, 0) is 50.4 Å². The van der Waals surface area contributed by atoms with Crippen molar-refractivity contribution >= 4 is 26.0 Å². The van der Waals surface area contributed by atoms with Crippen LogP contribution in [0.15, 0.2) is 27.6 Å². The van der Waals surface area contributed by atoms with Gasteiger partial charge in [0.25, 0.3) is 0 Å². The maximum absolute atomic E-state index is 13.1. The van der Waals surface area contributed by atoms with Crippen molar-refractivity contribution < 1.29 is 8.42 Å². The van der Waals surface area contributed by atoms with Gasteiger partial charge in [-0.3, -0.25) is 0 Å². The Hall–Kier alpha value is -0.430. The number of halogens is 1. The number of nitrogens with one attached hydrogen (secondary N) is 1. The molecule has 1 aromatic rings. The molecule has 1 unspecified atom stereocenters. The molecule has 1 heterocycles. The largest absolute Gasteiger partial charge is 0.315 e. The number of piperidine rings is 1. The van der Waals surface area contributed by atoms with E-state index in [9.17, 15) is 8.42 Å². The molecule has 1 atom stereocenters. The molecule has 0 bridgehead atoms. The molecule has 1 fully saturated rings. The summed E-state index contributed by atoms with van der Waals surface area (Å²) in [7, 11) is -3.45. The molecule has 1 aromatic carbocycles. The number of benzene rings is 1. The van der Waals surface area contributed by atoms with E-state index in [2.05, 4.69) is 21.2 Å². The summed E-state index contributed by atoms with van der Waals surface area (Å²) in [4.78, 5) is 0.413.